The van der Waals surface area contributed by atoms with Crippen LogP contribution in [0.15, 0.2) is 0 Å². The summed E-state index contributed by atoms with van der Waals surface area (Å²) < 4.78 is 85.7. The fourth-order valence-corrected chi connectivity index (χ4v) is 12.1. The van der Waals surface area contributed by atoms with Crippen LogP contribution in [0.1, 0.15) is 20.8 Å². The number of amides is 2. The standard InChI is InChI=1S/C52H88N2O40/c1-11-23(63)29(69)34(74)47(81-11)94-44-31(71)25(65)15(5-56)85-52(44)93-43-26(66)16(6-57)84-51(38(43)78)91-41-19(9-60)87-49(36(76)32(41)72)89-39-17(7-58)86-46(21(28(39)68)53-12(2)61)80-10-20-27(67)42(22(45(79)82-20)54-13(3)62)92-50-37(77)33(73)40(18(8-59)88-50)90-48-35(75)30(70)24(64)14(4-55)83-48/h11,14-52,55-60,63-79H,4-10H2,1-3H3,(H,53,61)(H,54,62)/t11-,14+,15+,16+,17+,18+,19+,20+,21+,22+,23+,24-,25-,26-,27-,28+,29+,30-,31-,32+,33+,34-,35+,36+,37+,38+,39+,40-,41-,42+,43-,44+,45-,46+,47-,48+,49-,50-,51+,52+/m0/s1. The Kier molecular flexibility index (Phi) is 27.3. The van der Waals surface area contributed by atoms with Crippen molar-refractivity contribution in [1.29, 1.82) is 0 Å². The van der Waals surface area contributed by atoms with E-state index in [1.54, 1.807) is 0 Å². The van der Waals surface area contributed by atoms with Crippen molar-refractivity contribution < 1.29 is 198 Å². The van der Waals surface area contributed by atoms with E-state index < -0.39 is 304 Å². The molecule has 0 bridgehead atoms. The molecule has 8 aliphatic rings. The van der Waals surface area contributed by atoms with Gasteiger partial charge < -0.3 is 199 Å². The highest BCUT2D eigenvalue weighted by Gasteiger charge is 2.59. The van der Waals surface area contributed by atoms with Crippen molar-refractivity contribution in [3.05, 3.63) is 0 Å². The van der Waals surface area contributed by atoms with Crippen LogP contribution in [0, 0.1) is 0 Å². The predicted octanol–water partition coefficient (Wildman–Crippen LogP) is -17.1. The average molecular weight is 1380 g/mol. The second-order valence-corrected chi connectivity index (χ2v) is 23.9. The summed E-state index contributed by atoms with van der Waals surface area (Å²) in [5, 5.41) is 254. The van der Waals surface area contributed by atoms with Gasteiger partial charge in [-0.2, -0.15) is 0 Å². The summed E-state index contributed by atoms with van der Waals surface area (Å²) in [7, 11) is 0. The first kappa shape index (κ1) is 77.2. The molecule has 40 atom stereocenters. The predicted molar refractivity (Wildman–Crippen MR) is 286 cm³/mol. The molecule has 2 amide bonds. The van der Waals surface area contributed by atoms with Gasteiger partial charge >= 0.3 is 0 Å². The van der Waals surface area contributed by atoms with Gasteiger partial charge in [0, 0.05) is 13.8 Å². The molecule has 25 N–H and O–H groups in total. The molecule has 8 saturated heterocycles. The highest BCUT2D eigenvalue weighted by molar-refractivity contribution is 5.73. The maximum Gasteiger partial charge on any atom is 0.217 e. The molecule has 0 aromatic carbocycles. The van der Waals surface area contributed by atoms with Crippen molar-refractivity contribution in [2.24, 2.45) is 0 Å². The summed E-state index contributed by atoms with van der Waals surface area (Å²) >= 11 is 0. The molecule has 0 spiro atoms. The summed E-state index contributed by atoms with van der Waals surface area (Å²) in [6.45, 7) is -3.67. The van der Waals surface area contributed by atoms with Gasteiger partial charge in [-0.1, -0.05) is 0 Å². The monoisotopic (exact) mass is 1380 g/mol. The molecule has 0 aliphatic carbocycles. The van der Waals surface area contributed by atoms with Gasteiger partial charge in [0.05, 0.1) is 52.4 Å². The molecule has 42 nitrogen and oxygen atoms in total. The van der Waals surface area contributed by atoms with E-state index in [0.717, 1.165) is 13.8 Å². The Morgan fingerprint density at radius 3 is 1.11 bits per heavy atom. The first-order valence-corrected chi connectivity index (χ1v) is 30.0. The maximum atomic E-state index is 12.7. The first-order chi connectivity index (χ1) is 44.4. The van der Waals surface area contributed by atoms with Gasteiger partial charge in [0.15, 0.2) is 50.3 Å². The zero-order chi connectivity index (χ0) is 69.2. The zero-order valence-corrected chi connectivity index (χ0v) is 50.3. The van der Waals surface area contributed by atoms with Crippen LogP contribution in [0.4, 0.5) is 0 Å². The summed E-state index contributed by atoms with van der Waals surface area (Å²) in [4.78, 5) is 25.1. The number of aliphatic hydroxyl groups is 23. The maximum absolute atomic E-state index is 12.7. The molecule has 0 radical (unpaired) electrons. The molecule has 8 aliphatic heterocycles. The highest BCUT2D eigenvalue weighted by atomic mass is 16.8. The van der Waals surface area contributed by atoms with Crippen molar-refractivity contribution in [3.8, 4) is 0 Å². The van der Waals surface area contributed by atoms with Crippen LogP contribution >= 0.6 is 0 Å². The van der Waals surface area contributed by atoms with Crippen LogP contribution < -0.4 is 10.6 Å². The Hall–Kier alpha value is -2.58. The van der Waals surface area contributed by atoms with Gasteiger partial charge in [-0.15, -0.1) is 0 Å². The fraction of sp³-hybridized carbons (Fsp3) is 0.962. The van der Waals surface area contributed by atoms with Gasteiger partial charge in [-0.25, -0.2) is 0 Å². The number of rotatable bonds is 23. The van der Waals surface area contributed by atoms with Crippen molar-refractivity contribution in [2.75, 3.05) is 46.2 Å². The van der Waals surface area contributed by atoms with Gasteiger partial charge in [0.25, 0.3) is 0 Å². The summed E-state index contributed by atoms with van der Waals surface area (Å²) in [6, 6.07) is -3.46. The number of aliphatic hydroxyl groups excluding tert-OH is 23. The minimum Gasteiger partial charge on any atom is -0.394 e. The molecular formula is C52H88N2O40. The van der Waals surface area contributed by atoms with Gasteiger partial charge in [-0.3, -0.25) is 9.59 Å². The molecule has 0 unspecified atom stereocenters. The van der Waals surface area contributed by atoms with E-state index >= 15 is 0 Å². The Labute approximate surface area is 532 Å². The Balaban J connectivity index is 0.927. The smallest absolute Gasteiger partial charge is 0.217 e. The third kappa shape index (κ3) is 16.4. The van der Waals surface area contributed by atoms with Crippen molar-refractivity contribution in [3.63, 3.8) is 0 Å². The molecule has 8 rings (SSSR count). The van der Waals surface area contributed by atoms with Crippen LogP contribution in [-0.2, 0) is 80.6 Å². The van der Waals surface area contributed by atoms with E-state index in [1.165, 1.54) is 6.92 Å². The second kappa shape index (κ2) is 33.3. The van der Waals surface area contributed by atoms with Crippen LogP contribution in [-0.4, -0.2) is 421 Å². The van der Waals surface area contributed by atoms with E-state index in [2.05, 4.69) is 10.6 Å². The number of carbonyl (C=O) groups is 2. The van der Waals surface area contributed by atoms with Gasteiger partial charge in [0.1, 0.15) is 189 Å². The minimum atomic E-state index is -2.28. The lowest BCUT2D eigenvalue weighted by molar-refractivity contribution is -0.398. The van der Waals surface area contributed by atoms with Crippen molar-refractivity contribution in [2.45, 2.75) is 266 Å². The third-order valence-corrected chi connectivity index (χ3v) is 17.4. The molecule has 0 saturated carbocycles. The van der Waals surface area contributed by atoms with Gasteiger partial charge in [0.2, 0.25) is 11.8 Å². The molecular weight excluding hydrogens is 1290 g/mol. The topological polar surface area (TPSA) is 662 Å². The van der Waals surface area contributed by atoms with Crippen LogP contribution in [0.2, 0.25) is 0 Å². The lowest BCUT2D eigenvalue weighted by Crippen LogP contribution is -2.69. The molecule has 8 fully saturated rings. The fourth-order valence-electron chi connectivity index (χ4n) is 12.1. The van der Waals surface area contributed by atoms with Crippen molar-refractivity contribution >= 4 is 11.8 Å². The Bertz CT molecular complexity index is 2360. The largest absolute Gasteiger partial charge is 0.394 e. The lowest BCUT2D eigenvalue weighted by Gasteiger charge is -2.50. The second-order valence-electron chi connectivity index (χ2n) is 23.9. The first-order valence-electron chi connectivity index (χ1n) is 30.0. The van der Waals surface area contributed by atoms with Crippen LogP contribution in [0.25, 0.3) is 0 Å². The SMILES string of the molecule is CC(=O)N[C@@H]1[C@@H](O[C@@H]2O[C@H](CO)[C@H](O[C@H]3O[C@H](CO)[C@H](O)[C@H](O)[C@H]3O)[C@H](O)[C@H]2O)[C@@H](O)[C@@H](CO[C@@H]2O[C@H](CO)[C@@H](O[C@@H]3O[C@H](CO)[C@H](O[C@H]4O[C@H](CO)[C@H](O)[C@H](O[C@H]5O[C@H](CO)[C@H](O)[C@H](O)[C@H]5O[C@@H]5O[C@@H](C)[C@@H](O)[C@@H](O)[C@@H]5O)[C@H]4O)[C@H](O)[C@H]3O)[C@H](O)[C@H]2NC(C)=O)O[C@@H]1O. The molecule has 0 aromatic heterocycles. The average Bonchev–Trinajstić information content (AvgIpc) is 0.789. The Morgan fingerprint density at radius 1 is 0.298 bits per heavy atom. The van der Waals surface area contributed by atoms with E-state index in [0.29, 0.717) is 0 Å². The quantitative estimate of drug-likeness (QED) is 0.0452. The van der Waals surface area contributed by atoms with E-state index in [9.17, 15) is 127 Å². The van der Waals surface area contributed by atoms with Crippen LogP contribution in [0.3, 0.4) is 0 Å². The highest BCUT2D eigenvalue weighted by Crippen LogP contribution is 2.38. The summed E-state index contributed by atoms with van der Waals surface area (Å²) in [5.74, 6) is -1.68. The molecule has 0 aromatic rings. The lowest BCUT2D eigenvalue weighted by atomic mass is 9.94. The van der Waals surface area contributed by atoms with E-state index in [-0.39, 0.29) is 0 Å². The molecule has 8 heterocycles. The van der Waals surface area contributed by atoms with Crippen LogP contribution in [0.5, 0.6) is 0 Å². The van der Waals surface area contributed by atoms with E-state index in [4.69, 9.17) is 71.1 Å². The van der Waals surface area contributed by atoms with Gasteiger partial charge in [-0.05, 0) is 6.92 Å². The number of hydrogen-bond acceptors (Lipinski definition) is 40. The third-order valence-electron chi connectivity index (χ3n) is 17.4. The summed E-state index contributed by atoms with van der Waals surface area (Å²) in [6.07, 6.45) is -73.2. The normalized spacial score (nSPS) is 51.2. The number of carbonyl (C=O) groups excluding carboxylic acids is 2. The Morgan fingerprint density at radius 2 is 0.628 bits per heavy atom. The number of nitrogens with one attached hydrogen (secondary N) is 2. The number of ether oxygens (including phenoxy) is 15. The van der Waals surface area contributed by atoms with Crippen molar-refractivity contribution in [1.82, 2.24) is 10.6 Å². The molecule has 94 heavy (non-hydrogen) atoms. The number of hydrogen-bond donors (Lipinski definition) is 25. The van der Waals surface area contributed by atoms with E-state index in [1.807, 2.05) is 0 Å². The minimum absolute atomic E-state index is 0.826. The zero-order valence-electron chi connectivity index (χ0n) is 50.3. The summed E-state index contributed by atoms with van der Waals surface area (Å²) in [5.41, 5.74) is 0. The molecule has 546 valence electrons. The molecule has 42 heteroatoms.